The lowest BCUT2D eigenvalue weighted by atomic mass is 10.3. The normalized spacial score (nSPS) is 10.0. The van der Waals surface area contributed by atoms with Gasteiger partial charge in [0.1, 0.15) is 24.7 Å². The number of benzene rings is 2. The predicted molar refractivity (Wildman–Crippen MR) is 115 cm³/mol. The highest BCUT2D eigenvalue weighted by Crippen LogP contribution is 2.13. The van der Waals surface area contributed by atoms with Crippen LogP contribution >= 0.6 is 22.9 Å². The molecule has 3 rings (SSSR count). The van der Waals surface area contributed by atoms with Gasteiger partial charge in [-0.1, -0.05) is 36.4 Å². The molecule has 0 unspecified atom stereocenters. The molecule has 144 valence electrons. The minimum absolute atomic E-state index is 0.537. The molecule has 0 bridgehead atoms. The lowest BCUT2D eigenvalue weighted by Crippen LogP contribution is -2.20. The number of alkyl halides is 1. The largest absolute Gasteiger partial charge is 0.492 e. The van der Waals surface area contributed by atoms with Crippen LogP contribution in [0.25, 0.3) is 0 Å². The Kier molecular flexibility index (Phi) is 10.4. The van der Waals surface area contributed by atoms with Gasteiger partial charge in [-0.3, -0.25) is 0 Å². The van der Waals surface area contributed by atoms with Gasteiger partial charge < -0.3 is 14.8 Å². The summed E-state index contributed by atoms with van der Waals surface area (Å²) in [5.41, 5.74) is 1.34. The zero-order valence-corrected chi connectivity index (χ0v) is 17.1. The maximum absolute atomic E-state index is 5.59. The quantitative estimate of drug-likeness (QED) is 0.376. The van der Waals surface area contributed by atoms with E-state index in [1.807, 2.05) is 60.7 Å². The van der Waals surface area contributed by atoms with E-state index in [1.54, 1.807) is 11.3 Å². The fourth-order valence-electron chi connectivity index (χ4n) is 2.23. The van der Waals surface area contributed by atoms with Gasteiger partial charge >= 0.3 is 0 Å². The average molecular weight is 404 g/mol. The fraction of sp³-hybridized carbons (Fsp3) is 0.273. The van der Waals surface area contributed by atoms with Crippen molar-refractivity contribution in [3.63, 3.8) is 0 Å². The van der Waals surface area contributed by atoms with Crippen molar-refractivity contribution in [2.24, 2.45) is 0 Å². The molecule has 27 heavy (non-hydrogen) atoms. The molecule has 5 heteroatoms. The molecule has 0 saturated carbocycles. The molecule has 0 aliphatic rings. The van der Waals surface area contributed by atoms with Crippen molar-refractivity contribution >= 4 is 22.9 Å². The molecular formula is C22H26ClNO2S. The first-order valence-electron chi connectivity index (χ1n) is 8.94. The molecule has 3 aromatic rings. The summed E-state index contributed by atoms with van der Waals surface area (Å²) in [5.74, 6) is 2.35. The van der Waals surface area contributed by atoms with E-state index in [1.165, 1.54) is 10.4 Å². The number of aryl methyl sites for hydroxylation is 1. The highest BCUT2D eigenvalue weighted by Gasteiger charge is 1.96. The minimum Gasteiger partial charge on any atom is -0.492 e. The molecule has 0 aliphatic carbocycles. The van der Waals surface area contributed by atoms with Crippen LogP contribution in [-0.2, 0) is 6.54 Å². The Balaban J connectivity index is 0.000000223. The summed E-state index contributed by atoms with van der Waals surface area (Å²) in [5, 5.41) is 5.55. The van der Waals surface area contributed by atoms with Gasteiger partial charge in [0.25, 0.3) is 0 Å². The van der Waals surface area contributed by atoms with Crippen LogP contribution in [0.5, 0.6) is 11.5 Å². The third-order valence-corrected chi connectivity index (χ3v) is 4.67. The Labute approximate surface area is 170 Å². The number of rotatable bonds is 9. The molecule has 0 spiro atoms. The monoisotopic (exact) mass is 403 g/mol. The Bertz CT molecular complexity index is 734. The number of nitrogens with one attached hydrogen (secondary N) is 1. The summed E-state index contributed by atoms with van der Waals surface area (Å²) in [6.45, 7) is 5.20. The number of hydrogen-bond donors (Lipinski definition) is 1. The third-order valence-electron chi connectivity index (χ3n) is 3.46. The molecule has 0 saturated heterocycles. The van der Waals surface area contributed by atoms with Gasteiger partial charge in [0, 0.05) is 18.0 Å². The van der Waals surface area contributed by atoms with E-state index in [-0.39, 0.29) is 0 Å². The Morgan fingerprint density at radius 3 is 2.00 bits per heavy atom. The second-order valence-electron chi connectivity index (χ2n) is 5.78. The lowest BCUT2D eigenvalue weighted by molar-refractivity contribution is 0.314. The molecule has 0 amide bonds. The van der Waals surface area contributed by atoms with Gasteiger partial charge in [0.05, 0.1) is 5.88 Å². The summed E-state index contributed by atoms with van der Waals surface area (Å²) in [6.07, 6.45) is 0. The lowest BCUT2D eigenvalue weighted by Gasteiger charge is -2.06. The first kappa shape index (κ1) is 21.3. The number of ether oxygens (including phenoxy) is 2. The molecule has 1 aromatic heterocycles. The average Bonchev–Trinajstić information content (AvgIpc) is 3.13. The van der Waals surface area contributed by atoms with E-state index >= 15 is 0 Å². The van der Waals surface area contributed by atoms with E-state index in [0.29, 0.717) is 19.1 Å². The second-order valence-corrected chi connectivity index (χ2v) is 7.15. The van der Waals surface area contributed by atoms with Crippen molar-refractivity contribution < 1.29 is 9.47 Å². The highest BCUT2D eigenvalue weighted by molar-refractivity contribution is 7.10. The molecule has 1 N–H and O–H groups in total. The Morgan fingerprint density at radius 2 is 1.48 bits per heavy atom. The summed E-state index contributed by atoms with van der Waals surface area (Å²) in [7, 11) is 0. The fourth-order valence-corrected chi connectivity index (χ4v) is 3.15. The third kappa shape index (κ3) is 9.48. The number of thiophene rings is 1. The Hall–Kier alpha value is -2.01. The summed E-state index contributed by atoms with van der Waals surface area (Å²) < 4.78 is 10.8. The van der Waals surface area contributed by atoms with E-state index in [9.17, 15) is 0 Å². The first-order valence-corrected chi connectivity index (χ1v) is 10.4. The van der Waals surface area contributed by atoms with Crippen molar-refractivity contribution in [2.75, 3.05) is 25.6 Å². The Morgan fingerprint density at radius 1 is 0.889 bits per heavy atom. The van der Waals surface area contributed by atoms with Crippen LogP contribution < -0.4 is 14.8 Å². The zero-order valence-electron chi connectivity index (χ0n) is 15.6. The number of halogens is 1. The van der Waals surface area contributed by atoms with Gasteiger partial charge in [0.15, 0.2) is 0 Å². The van der Waals surface area contributed by atoms with Crippen molar-refractivity contribution in [1.29, 1.82) is 0 Å². The van der Waals surface area contributed by atoms with Gasteiger partial charge in [0.2, 0.25) is 0 Å². The van der Waals surface area contributed by atoms with E-state index in [4.69, 9.17) is 21.1 Å². The van der Waals surface area contributed by atoms with Crippen molar-refractivity contribution in [3.8, 4) is 11.5 Å². The SMILES string of the molecule is Cc1csc(CNCCOc2ccccc2)c1.ClCCOc1ccccc1. The van der Waals surface area contributed by atoms with Crippen molar-refractivity contribution in [3.05, 3.63) is 82.6 Å². The van der Waals surface area contributed by atoms with Crippen molar-refractivity contribution in [2.45, 2.75) is 13.5 Å². The summed E-state index contributed by atoms with van der Waals surface area (Å²) >= 11 is 7.23. The summed E-state index contributed by atoms with van der Waals surface area (Å²) in [6, 6.07) is 21.8. The molecule has 2 aromatic carbocycles. The second kappa shape index (κ2) is 13.2. The zero-order chi connectivity index (χ0) is 19.2. The van der Waals surface area contributed by atoms with Gasteiger partial charge in [-0.2, -0.15) is 0 Å². The maximum Gasteiger partial charge on any atom is 0.119 e. The smallest absolute Gasteiger partial charge is 0.119 e. The highest BCUT2D eigenvalue weighted by atomic mass is 35.5. The molecule has 0 fully saturated rings. The summed E-state index contributed by atoms with van der Waals surface area (Å²) in [4.78, 5) is 1.38. The molecule has 3 nitrogen and oxygen atoms in total. The minimum atomic E-state index is 0.537. The topological polar surface area (TPSA) is 30.5 Å². The van der Waals surface area contributed by atoms with Crippen LogP contribution in [0.1, 0.15) is 10.4 Å². The standard InChI is InChI=1S/C14H17NOS.C8H9ClO/c1-12-9-14(17-11-12)10-15-7-8-16-13-5-3-2-4-6-13;9-6-7-10-8-4-2-1-3-5-8/h2-6,9,11,15H,7-8,10H2,1H3;1-5H,6-7H2. The van der Waals surface area contributed by atoms with Crippen molar-refractivity contribution in [1.82, 2.24) is 5.32 Å². The van der Waals surface area contributed by atoms with Gasteiger partial charge in [-0.25, -0.2) is 0 Å². The van der Waals surface area contributed by atoms with E-state index in [2.05, 4.69) is 23.7 Å². The van der Waals surface area contributed by atoms with Crippen LogP contribution in [0.3, 0.4) is 0 Å². The van der Waals surface area contributed by atoms with Crippen LogP contribution in [0.4, 0.5) is 0 Å². The number of hydrogen-bond acceptors (Lipinski definition) is 4. The van der Waals surface area contributed by atoms with Crippen LogP contribution in [0.15, 0.2) is 72.1 Å². The van der Waals surface area contributed by atoms with Crippen LogP contribution in [0.2, 0.25) is 0 Å². The number of para-hydroxylation sites is 2. The molecule has 1 heterocycles. The molecular weight excluding hydrogens is 378 g/mol. The van der Waals surface area contributed by atoms with E-state index in [0.717, 1.165) is 24.6 Å². The molecule has 0 atom stereocenters. The van der Waals surface area contributed by atoms with Crippen LogP contribution in [-0.4, -0.2) is 25.6 Å². The molecule has 0 aliphatic heterocycles. The first-order chi connectivity index (χ1) is 13.3. The maximum atomic E-state index is 5.59. The molecule has 0 radical (unpaired) electrons. The predicted octanol–water partition coefficient (Wildman–Crippen LogP) is 5.53. The van der Waals surface area contributed by atoms with Gasteiger partial charge in [-0.15, -0.1) is 22.9 Å². The van der Waals surface area contributed by atoms with Gasteiger partial charge in [-0.05, 0) is 48.2 Å². The van der Waals surface area contributed by atoms with Crippen LogP contribution in [0, 0.1) is 6.92 Å². The van der Waals surface area contributed by atoms with E-state index < -0.39 is 0 Å².